The van der Waals surface area contributed by atoms with Gasteiger partial charge in [-0.05, 0) is 27.7 Å². The van der Waals surface area contributed by atoms with Crippen LogP contribution in [0, 0.1) is 6.17 Å². The van der Waals surface area contributed by atoms with Crippen molar-refractivity contribution in [1.82, 2.24) is 0 Å². The molecule has 0 amide bonds. The maximum Gasteiger partial charge on any atom is 0.419 e. The summed E-state index contributed by atoms with van der Waals surface area (Å²) in [7, 11) is -4.32. The third kappa shape index (κ3) is 4.69. The molecule has 0 N–H and O–H groups in total. The Bertz CT molecular complexity index is 180. The minimum atomic E-state index is -4.32. The molecular weight excluding hydrogens is 201 g/mol. The zero-order valence-electron chi connectivity index (χ0n) is 8.08. The van der Waals surface area contributed by atoms with Gasteiger partial charge in [-0.1, -0.05) is 0 Å². The van der Waals surface area contributed by atoms with Crippen molar-refractivity contribution in [2.75, 3.05) is 0 Å². The molecule has 0 aromatic rings. The van der Waals surface area contributed by atoms with Crippen LogP contribution in [0.5, 0.6) is 0 Å². The van der Waals surface area contributed by atoms with E-state index in [9.17, 15) is 13.3 Å². The van der Waals surface area contributed by atoms with E-state index < -0.39 is 26.0 Å². The van der Waals surface area contributed by atoms with Crippen LogP contribution >= 0.6 is 7.60 Å². The normalized spacial score (nSPS) is 13.3. The van der Waals surface area contributed by atoms with Gasteiger partial charge in [-0.25, -0.2) is 0 Å². The fraction of sp³-hybridized carbons (Fsp3) is 0.857. The Balaban J connectivity index is 4.45. The molecule has 0 rings (SSSR count). The Labute approximate surface area is 77.0 Å². The molecule has 13 heavy (non-hydrogen) atoms. The summed E-state index contributed by atoms with van der Waals surface area (Å²) in [5.41, 5.74) is 0. The van der Waals surface area contributed by atoms with Crippen molar-refractivity contribution in [3.05, 3.63) is 6.17 Å². The molecule has 0 heterocycles. The van der Waals surface area contributed by atoms with Crippen LogP contribution in [-0.2, 0) is 13.6 Å². The minimum Gasteiger partial charge on any atom is -0.301 e. The topological polar surface area (TPSA) is 35.5 Å². The van der Waals surface area contributed by atoms with Crippen molar-refractivity contribution < 1.29 is 22.4 Å². The summed E-state index contributed by atoms with van der Waals surface area (Å²) in [5, 5.41) is 0. The molecule has 0 aliphatic carbocycles. The van der Waals surface area contributed by atoms with Crippen LogP contribution < -0.4 is 0 Å². The van der Waals surface area contributed by atoms with Crippen LogP contribution in [0.2, 0.25) is 0 Å². The van der Waals surface area contributed by atoms with Gasteiger partial charge >= 0.3 is 13.8 Å². The van der Waals surface area contributed by atoms with Crippen LogP contribution in [0.3, 0.4) is 0 Å². The van der Waals surface area contributed by atoms with E-state index in [0.717, 1.165) is 0 Å². The van der Waals surface area contributed by atoms with Crippen LogP contribution in [0.4, 0.5) is 8.78 Å². The highest BCUT2D eigenvalue weighted by Gasteiger charge is 2.41. The molecular formula is C7H14F2O3P. The van der Waals surface area contributed by atoms with Gasteiger partial charge in [0.15, 0.2) is 0 Å². The molecule has 0 aliphatic heterocycles. The maximum absolute atomic E-state index is 12.2. The molecule has 6 heteroatoms. The third-order valence-electron chi connectivity index (χ3n) is 0.906. The quantitative estimate of drug-likeness (QED) is 0.659. The summed E-state index contributed by atoms with van der Waals surface area (Å²) in [6.45, 7) is 6.05. The lowest BCUT2D eigenvalue weighted by molar-refractivity contribution is 0.122. The number of hydrogen-bond donors (Lipinski definition) is 0. The lowest BCUT2D eigenvalue weighted by atomic mass is 10.5. The van der Waals surface area contributed by atoms with Gasteiger partial charge in [0.1, 0.15) is 0 Å². The Kier molecular flexibility index (Phi) is 5.04. The molecule has 0 fully saturated rings. The van der Waals surface area contributed by atoms with E-state index in [2.05, 4.69) is 9.05 Å². The first kappa shape index (κ1) is 13.0. The van der Waals surface area contributed by atoms with E-state index >= 15 is 0 Å². The SMILES string of the molecule is CC(C)OP(=O)(OC(C)C)[C](F)F. The van der Waals surface area contributed by atoms with Crippen LogP contribution in [-0.4, -0.2) is 12.2 Å². The molecule has 0 saturated heterocycles. The van der Waals surface area contributed by atoms with Crippen LogP contribution in [0.1, 0.15) is 27.7 Å². The number of halogens is 2. The van der Waals surface area contributed by atoms with Gasteiger partial charge in [0.2, 0.25) is 0 Å². The first-order valence-corrected chi connectivity index (χ1v) is 5.47. The Morgan fingerprint density at radius 2 is 1.38 bits per heavy atom. The van der Waals surface area contributed by atoms with Crippen molar-refractivity contribution in [2.45, 2.75) is 39.9 Å². The monoisotopic (exact) mass is 215 g/mol. The van der Waals surface area contributed by atoms with E-state index in [0.29, 0.717) is 0 Å². The van der Waals surface area contributed by atoms with E-state index in [1.165, 1.54) is 27.7 Å². The zero-order valence-corrected chi connectivity index (χ0v) is 8.98. The first-order chi connectivity index (χ1) is 5.78. The standard InChI is InChI=1S/C7H14F2O3P/c1-5(2)11-13(10,7(8)9)12-6(3)4/h5-6H,1-4H3. The second-order valence-electron chi connectivity index (χ2n) is 3.05. The van der Waals surface area contributed by atoms with Gasteiger partial charge in [-0.15, -0.1) is 0 Å². The molecule has 3 nitrogen and oxygen atoms in total. The van der Waals surface area contributed by atoms with Crippen LogP contribution in [0.15, 0.2) is 0 Å². The van der Waals surface area contributed by atoms with E-state index in [4.69, 9.17) is 0 Å². The highest BCUT2D eigenvalue weighted by atomic mass is 31.2. The second-order valence-corrected chi connectivity index (χ2v) is 4.80. The zero-order chi connectivity index (χ0) is 10.6. The van der Waals surface area contributed by atoms with E-state index in [1.807, 2.05) is 0 Å². The molecule has 0 saturated carbocycles. The predicted molar refractivity (Wildman–Crippen MR) is 45.5 cm³/mol. The van der Waals surface area contributed by atoms with Gasteiger partial charge in [0, 0.05) is 0 Å². The Hall–Kier alpha value is 0.01000. The molecule has 0 unspecified atom stereocenters. The Morgan fingerprint density at radius 1 is 1.08 bits per heavy atom. The summed E-state index contributed by atoms with van der Waals surface area (Å²) >= 11 is 0. The molecule has 0 aromatic heterocycles. The van der Waals surface area contributed by atoms with Gasteiger partial charge in [-0.3, -0.25) is 4.57 Å². The lowest BCUT2D eigenvalue weighted by Crippen LogP contribution is -2.09. The average molecular weight is 215 g/mol. The second kappa shape index (κ2) is 5.03. The van der Waals surface area contributed by atoms with E-state index in [1.54, 1.807) is 0 Å². The molecule has 0 spiro atoms. The smallest absolute Gasteiger partial charge is 0.301 e. The van der Waals surface area contributed by atoms with E-state index in [-0.39, 0.29) is 0 Å². The van der Waals surface area contributed by atoms with Gasteiger partial charge in [0.05, 0.1) is 12.2 Å². The Morgan fingerprint density at radius 3 is 1.54 bits per heavy atom. The summed E-state index contributed by atoms with van der Waals surface area (Å²) in [4.78, 5) is 0. The first-order valence-electron chi connectivity index (χ1n) is 3.93. The van der Waals surface area contributed by atoms with Gasteiger partial charge in [-0.2, -0.15) is 8.78 Å². The number of hydrogen-bond acceptors (Lipinski definition) is 3. The average Bonchev–Trinajstić information content (AvgIpc) is 1.82. The highest BCUT2D eigenvalue weighted by molar-refractivity contribution is 7.56. The van der Waals surface area contributed by atoms with Crippen molar-refractivity contribution in [1.29, 1.82) is 0 Å². The summed E-state index contributed by atoms with van der Waals surface area (Å²) in [5.74, 6) is 0. The maximum atomic E-state index is 12.2. The molecule has 0 aromatic carbocycles. The largest absolute Gasteiger partial charge is 0.419 e. The van der Waals surface area contributed by atoms with Gasteiger partial charge in [0.25, 0.3) is 0 Å². The lowest BCUT2D eigenvalue weighted by Gasteiger charge is -2.20. The molecule has 0 aliphatic rings. The minimum absolute atomic E-state index is 0.564. The van der Waals surface area contributed by atoms with Gasteiger partial charge < -0.3 is 9.05 Å². The van der Waals surface area contributed by atoms with Crippen LogP contribution in [0.25, 0.3) is 0 Å². The fourth-order valence-corrected chi connectivity index (χ4v) is 1.98. The van der Waals surface area contributed by atoms with Crippen molar-refractivity contribution in [2.24, 2.45) is 0 Å². The molecule has 79 valence electrons. The molecule has 0 atom stereocenters. The summed E-state index contributed by atoms with van der Waals surface area (Å²) in [6.07, 6.45) is -3.42. The molecule has 1 radical (unpaired) electrons. The van der Waals surface area contributed by atoms with Crippen molar-refractivity contribution >= 4 is 7.60 Å². The van der Waals surface area contributed by atoms with Crippen molar-refractivity contribution in [3.63, 3.8) is 0 Å². The predicted octanol–water partition coefficient (Wildman–Crippen LogP) is 3.42. The molecule has 0 bridgehead atoms. The highest BCUT2D eigenvalue weighted by Crippen LogP contribution is 2.60. The number of rotatable bonds is 5. The fourth-order valence-electron chi connectivity index (χ4n) is 0.660. The summed E-state index contributed by atoms with van der Waals surface area (Å²) < 4.78 is 44.8. The summed E-state index contributed by atoms with van der Waals surface area (Å²) in [6, 6.07) is 0. The third-order valence-corrected chi connectivity index (χ3v) is 2.72. The van der Waals surface area contributed by atoms with Crippen molar-refractivity contribution in [3.8, 4) is 0 Å².